The van der Waals surface area contributed by atoms with E-state index in [2.05, 4.69) is 27.5 Å². The Hall–Kier alpha value is -0.150. The van der Waals surface area contributed by atoms with Crippen molar-refractivity contribution in [2.45, 2.75) is 6.92 Å². The van der Waals surface area contributed by atoms with Gasteiger partial charge in [-0.1, -0.05) is 22.5 Å². The Labute approximate surface area is 72.9 Å². The van der Waals surface area contributed by atoms with Crippen molar-refractivity contribution in [3.8, 4) is 0 Å². The Morgan fingerprint density at radius 2 is 2.60 bits per heavy atom. The zero-order chi connectivity index (χ0) is 7.56. The lowest BCUT2D eigenvalue weighted by atomic mass is 10.3. The van der Waals surface area contributed by atoms with Gasteiger partial charge in [-0.3, -0.25) is 0 Å². The van der Waals surface area contributed by atoms with E-state index in [9.17, 15) is 0 Å². The number of rotatable bonds is 2. The Morgan fingerprint density at radius 3 is 3.00 bits per heavy atom. The molecule has 0 saturated heterocycles. The fraction of sp³-hybridized carbons (Fsp3) is 0.286. The molecule has 0 spiro atoms. The van der Waals surface area contributed by atoms with E-state index in [0.717, 1.165) is 21.6 Å². The van der Waals surface area contributed by atoms with Crippen LogP contribution in [-0.2, 0) is 0 Å². The maximum atomic E-state index is 4.27. The van der Waals surface area contributed by atoms with E-state index in [-0.39, 0.29) is 0 Å². The maximum absolute atomic E-state index is 4.27. The maximum Gasteiger partial charge on any atom is 0.0901 e. The first-order valence-corrected chi connectivity index (χ1v) is 4.90. The Balaban J connectivity index is 2.85. The van der Waals surface area contributed by atoms with Gasteiger partial charge in [0.15, 0.2) is 0 Å². The van der Waals surface area contributed by atoms with Gasteiger partial charge >= 0.3 is 0 Å². The summed E-state index contributed by atoms with van der Waals surface area (Å²) in [6.07, 6.45) is 0. The summed E-state index contributed by atoms with van der Waals surface area (Å²) in [5, 5.41) is 3.92. The van der Waals surface area contributed by atoms with E-state index < -0.39 is 0 Å². The first-order chi connectivity index (χ1) is 4.74. The Kier molecular flexibility index (Phi) is 2.63. The van der Waals surface area contributed by atoms with E-state index in [0.29, 0.717) is 0 Å². The van der Waals surface area contributed by atoms with Gasteiger partial charge in [-0.15, -0.1) is 11.3 Å². The van der Waals surface area contributed by atoms with Gasteiger partial charge in [0.25, 0.3) is 0 Å². The first kappa shape index (κ1) is 7.95. The summed E-state index contributed by atoms with van der Waals surface area (Å²) < 4.78 is 0. The summed E-state index contributed by atoms with van der Waals surface area (Å²) in [7, 11) is 0. The van der Waals surface area contributed by atoms with Gasteiger partial charge < -0.3 is 0 Å². The molecule has 1 heterocycles. The number of alkyl halides is 1. The Morgan fingerprint density at radius 1 is 1.90 bits per heavy atom. The molecule has 0 aromatic carbocycles. The van der Waals surface area contributed by atoms with Gasteiger partial charge in [-0.25, -0.2) is 4.98 Å². The van der Waals surface area contributed by atoms with E-state index in [1.54, 1.807) is 11.3 Å². The average Bonchev–Trinajstić information content (AvgIpc) is 2.34. The van der Waals surface area contributed by atoms with Crippen LogP contribution in [-0.4, -0.2) is 10.3 Å². The van der Waals surface area contributed by atoms with Crippen LogP contribution in [0.3, 0.4) is 0 Å². The molecule has 0 aliphatic carbocycles. The molecule has 0 saturated carbocycles. The van der Waals surface area contributed by atoms with Crippen molar-refractivity contribution in [2.24, 2.45) is 0 Å². The van der Waals surface area contributed by atoms with Crippen LogP contribution >= 0.6 is 27.3 Å². The zero-order valence-electron chi connectivity index (χ0n) is 5.72. The smallest absolute Gasteiger partial charge is 0.0901 e. The standard InChI is InChI=1S/C7H8BrNS/c1-5(3-8)7-4-10-6(2)9-7/h4H,1,3H2,2H3. The third kappa shape index (κ3) is 1.67. The van der Waals surface area contributed by atoms with Crippen LogP contribution in [0.2, 0.25) is 0 Å². The van der Waals surface area contributed by atoms with Crippen LogP contribution in [0.4, 0.5) is 0 Å². The number of aromatic nitrogens is 1. The molecule has 0 aliphatic rings. The van der Waals surface area contributed by atoms with Gasteiger partial charge in [-0.2, -0.15) is 0 Å². The predicted molar refractivity (Wildman–Crippen MR) is 49.7 cm³/mol. The number of hydrogen-bond donors (Lipinski definition) is 0. The van der Waals surface area contributed by atoms with Gasteiger partial charge in [0.05, 0.1) is 10.7 Å². The summed E-state index contributed by atoms with van der Waals surface area (Å²) in [6, 6.07) is 0. The molecule has 0 atom stereocenters. The zero-order valence-corrected chi connectivity index (χ0v) is 8.13. The van der Waals surface area contributed by atoms with Crippen LogP contribution in [0.5, 0.6) is 0 Å². The minimum Gasteiger partial charge on any atom is -0.242 e. The first-order valence-electron chi connectivity index (χ1n) is 2.90. The molecule has 0 aliphatic heterocycles. The molecule has 1 aromatic heterocycles. The summed E-state index contributed by atoms with van der Waals surface area (Å²) in [4.78, 5) is 4.27. The number of halogens is 1. The van der Waals surface area contributed by atoms with Gasteiger partial charge in [0, 0.05) is 10.7 Å². The predicted octanol–water partition coefficient (Wildman–Crippen LogP) is 2.86. The number of hydrogen-bond acceptors (Lipinski definition) is 2. The topological polar surface area (TPSA) is 12.9 Å². The van der Waals surface area contributed by atoms with Crippen LogP contribution in [0.15, 0.2) is 12.0 Å². The second-order valence-electron chi connectivity index (χ2n) is 1.99. The van der Waals surface area contributed by atoms with E-state index in [4.69, 9.17) is 0 Å². The van der Waals surface area contributed by atoms with Crippen molar-refractivity contribution < 1.29 is 0 Å². The number of thiazole rings is 1. The number of allylic oxidation sites excluding steroid dienone is 1. The molecule has 0 fully saturated rings. The van der Waals surface area contributed by atoms with Crippen LogP contribution in [0.25, 0.3) is 5.57 Å². The highest BCUT2D eigenvalue weighted by atomic mass is 79.9. The third-order valence-electron chi connectivity index (χ3n) is 1.14. The molecule has 0 N–H and O–H groups in total. The molecular formula is C7H8BrNS. The minimum atomic E-state index is 0.802. The van der Waals surface area contributed by atoms with Crippen LogP contribution in [0, 0.1) is 6.92 Å². The largest absolute Gasteiger partial charge is 0.242 e. The Bertz CT molecular complexity index is 242. The summed E-state index contributed by atoms with van der Waals surface area (Å²) in [6.45, 7) is 5.85. The molecule has 1 nitrogen and oxygen atoms in total. The van der Waals surface area contributed by atoms with Crippen LogP contribution < -0.4 is 0 Å². The highest BCUT2D eigenvalue weighted by molar-refractivity contribution is 9.09. The normalized spacial score (nSPS) is 9.80. The van der Waals surface area contributed by atoms with Gasteiger partial charge in [-0.05, 0) is 12.5 Å². The lowest BCUT2D eigenvalue weighted by Crippen LogP contribution is -1.82. The molecule has 0 amide bonds. The fourth-order valence-electron chi connectivity index (χ4n) is 0.594. The third-order valence-corrected chi connectivity index (χ3v) is 2.59. The van der Waals surface area contributed by atoms with Crippen molar-refractivity contribution in [1.29, 1.82) is 0 Å². The van der Waals surface area contributed by atoms with Crippen molar-refractivity contribution in [3.63, 3.8) is 0 Å². The quantitative estimate of drug-likeness (QED) is 0.695. The highest BCUT2D eigenvalue weighted by Crippen LogP contribution is 2.16. The molecule has 3 heteroatoms. The summed E-state index contributed by atoms with van der Waals surface area (Å²) in [5.41, 5.74) is 2.06. The second-order valence-corrected chi connectivity index (χ2v) is 3.61. The summed E-state index contributed by atoms with van der Waals surface area (Å²) in [5.74, 6) is 0. The lowest BCUT2D eigenvalue weighted by molar-refractivity contribution is 1.26. The second kappa shape index (κ2) is 3.30. The van der Waals surface area contributed by atoms with Crippen molar-refractivity contribution in [2.75, 3.05) is 5.33 Å². The summed E-state index contributed by atoms with van der Waals surface area (Å²) >= 11 is 4.98. The highest BCUT2D eigenvalue weighted by Gasteiger charge is 1.99. The van der Waals surface area contributed by atoms with E-state index >= 15 is 0 Å². The minimum absolute atomic E-state index is 0.802. The average molecular weight is 218 g/mol. The van der Waals surface area contributed by atoms with E-state index in [1.165, 1.54) is 0 Å². The SMILES string of the molecule is C=C(CBr)c1csc(C)n1. The van der Waals surface area contributed by atoms with Gasteiger partial charge in [0.2, 0.25) is 0 Å². The number of aryl methyl sites for hydroxylation is 1. The molecule has 0 bridgehead atoms. The monoisotopic (exact) mass is 217 g/mol. The molecular weight excluding hydrogens is 210 g/mol. The van der Waals surface area contributed by atoms with Crippen molar-refractivity contribution in [3.05, 3.63) is 22.7 Å². The van der Waals surface area contributed by atoms with Crippen molar-refractivity contribution >= 4 is 32.8 Å². The molecule has 0 unspecified atom stereocenters. The fourth-order valence-corrected chi connectivity index (χ4v) is 1.53. The van der Waals surface area contributed by atoms with E-state index in [1.807, 2.05) is 12.3 Å². The lowest BCUT2D eigenvalue weighted by Gasteiger charge is -1.91. The molecule has 54 valence electrons. The number of nitrogens with zero attached hydrogens (tertiary/aromatic N) is 1. The van der Waals surface area contributed by atoms with Crippen LogP contribution in [0.1, 0.15) is 10.7 Å². The molecule has 10 heavy (non-hydrogen) atoms. The molecule has 1 aromatic rings. The van der Waals surface area contributed by atoms with Crippen molar-refractivity contribution in [1.82, 2.24) is 4.98 Å². The van der Waals surface area contributed by atoms with Gasteiger partial charge in [0.1, 0.15) is 0 Å². The molecule has 1 rings (SSSR count). The molecule has 0 radical (unpaired) electrons.